The zero-order valence-electron chi connectivity index (χ0n) is 19.2. The zero-order valence-corrected chi connectivity index (χ0v) is 20.0. The van der Waals surface area contributed by atoms with Crippen molar-refractivity contribution in [1.29, 1.82) is 0 Å². The highest BCUT2D eigenvalue weighted by atomic mass is 35.5. The molecule has 0 aliphatic rings. The van der Waals surface area contributed by atoms with Gasteiger partial charge in [-0.15, -0.1) is 0 Å². The van der Waals surface area contributed by atoms with Crippen molar-refractivity contribution in [3.8, 4) is 17.0 Å². The molecule has 2 aromatic heterocycles. The van der Waals surface area contributed by atoms with Gasteiger partial charge in [-0.2, -0.15) is 18.3 Å². The molecule has 2 N–H and O–H groups in total. The summed E-state index contributed by atoms with van der Waals surface area (Å²) in [6, 6.07) is 11.7. The third-order valence-corrected chi connectivity index (χ3v) is 5.63. The van der Waals surface area contributed by atoms with Crippen LogP contribution < -0.4 is 10.5 Å². The van der Waals surface area contributed by atoms with Crippen LogP contribution in [0.2, 0.25) is 5.02 Å². The van der Waals surface area contributed by atoms with Gasteiger partial charge in [0.15, 0.2) is 22.9 Å². The zero-order chi connectivity index (χ0) is 26.2. The molecule has 0 saturated carbocycles. The largest absolute Gasteiger partial charge is 0.496 e. The van der Waals surface area contributed by atoms with Crippen molar-refractivity contribution < 1.29 is 27.5 Å². The molecule has 0 fully saturated rings. The molecular weight excluding hydrogens is 499 g/mol. The van der Waals surface area contributed by atoms with E-state index < -0.39 is 23.5 Å². The van der Waals surface area contributed by atoms with Gasteiger partial charge in [0.2, 0.25) is 0 Å². The molecule has 0 unspecified atom stereocenters. The highest BCUT2D eigenvalue weighted by molar-refractivity contribution is 6.31. The van der Waals surface area contributed by atoms with Gasteiger partial charge in [0.05, 0.1) is 18.4 Å². The van der Waals surface area contributed by atoms with Crippen LogP contribution in [0.25, 0.3) is 16.9 Å². The van der Waals surface area contributed by atoms with Crippen LogP contribution in [0.3, 0.4) is 0 Å². The number of amidine groups is 1. The van der Waals surface area contributed by atoms with Crippen LogP contribution in [0.15, 0.2) is 53.7 Å². The molecule has 2 heterocycles. The molecule has 0 aliphatic carbocycles. The number of nitrogens with two attached hydrogens (primary N) is 1. The number of benzene rings is 2. The van der Waals surface area contributed by atoms with Gasteiger partial charge in [-0.25, -0.2) is 14.3 Å². The van der Waals surface area contributed by atoms with Crippen LogP contribution >= 0.6 is 11.6 Å². The van der Waals surface area contributed by atoms with E-state index in [4.69, 9.17) is 26.9 Å². The molecule has 4 rings (SSSR count). The summed E-state index contributed by atoms with van der Waals surface area (Å²) in [7, 11) is 1.40. The minimum Gasteiger partial charge on any atom is -0.496 e. The van der Waals surface area contributed by atoms with E-state index in [9.17, 15) is 18.0 Å². The first-order chi connectivity index (χ1) is 17.0. The van der Waals surface area contributed by atoms with E-state index in [0.717, 1.165) is 23.3 Å². The number of halogens is 4. The van der Waals surface area contributed by atoms with Gasteiger partial charge in [-0.1, -0.05) is 28.9 Å². The van der Waals surface area contributed by atoms with E-state index in [1.165, 1.54) is 13.2 Å². The predicted octanol–water partition coefficient (Wildman–Crippen LogP) is 5.17. The molecule has 4 aromatic rings. The SMILES string of the molecule is COc1ccc(Cl)cc1/C(N)=N/OC(=O)c1cc2nc(-c3ccc(C)c(C)c3)cc(C(F)(F)F)n2n1. The van der Waals surface area contributed by atoms with Gasteiger partial charge in [0, 0.05) is 16.7 Å². The number of methoxy groups -OCH3 is 1. The van der Waals surface area contributed by atoms with Crippen LogP contribution in [0.5, 0.6) is 5.75 Å². The topological polar surface area (TPSA) is 104 Å². The van der Waals surface area contributed by atoms with Gasteiger partial charge in [0.25, 0.3) is 0 Å². The number of hydrogen-bond donors (Lipinski definition) is 1. The molecule has 0 saturated heterocycles. The summed E-state index contributed by atoms with van der Waals surface area (Å²) < 4.78 is 47.2. The number of aryl methyl sites for hydroxylation is 2. The van der Waals surface area contributed by atoms with Crippen molar-refractivity contribution in [3.05, 3.63) is 81.6 Å². The maximum Gasteiger partial charge on any atom is 0.433 e. The average molecular weight is 518 g/mol. The summed E-state index contributed by atoms with van der Waals surface area (Å²) in [5, 5.41) is 7.64. The van der Waals surface area contributed by atoms with E-state index in [0.29, 0.717) is 20.9 Å². The Bertz CT molecular complexity index is 1520. The lowest BCUT2D eigenvalue weighted by Crippen LogP contribution is -2.17. The maximum atomic E-state index is 13.8. The highest BCUT2D eigenvalue weighted by Gasteiger charge is 2.36. The Balaban J connectivity index is 1.71. The standard InChI is InChI=1S/C24H19ClF3N5O3/c1-12-4-5-14(8-13(12)2)17-10-20(24(26,27)28)33-21(30-17)11-18(31-33)23(34)36-32-22(29)16-9-15(25)6-7-19(16)35-3/h4-11H,1-3H3,(H2,29,32). The Kier molecular flexibility index (Phi) is 6.59. The van der Waals surface area contributed by atoms with E-state index >= 15 is 0 Å². The molecule has 0 bridgehead atoms. The van der Waals surface area contributed by atoms with Crippen LogP contribution in [0.4, 0.5) is 13.2 Å². The van der Waals surface area contributed by atoms with Crippen LogP contribution in [0, 0.1) is 13.8 Å². The van der Waals surface area contributed by atoms with Gasteiger partial charge < -0.3 is 15.3 Å². The summed E-state index contributed by atoms with van der Waals surface area (Å²) in [5.74, 6) is -1.05. The van der Waals surface area contributed by atoms with E-state index in [2.05, 4.69) is 15.2 Å². The molecular formula is C24H19ClF3N5O3. The molecule has 0 radical (unpaired) electrons. The van der Waals surface area contributed by atoms with E-state index in [1.807, 2.05) is 13.8 Å². The lowest BCUT2D eigenvalue weighted by molar-refractivity contribution is -0.142. The number of aromatic nitrogens is 3. The van der Waals surface area contributed by atoms with Gasteiger partial charge in [0.1, 0.15) is 5.75 Å². The Labute approximate surface area is 208 Å². The Morgan fingerprint density at radius 2 is 1.83 bits per heavy atom. The average Bonchev–Trinajstić information content (AvgIpc) is 3.27. The van der Waals surface area contributed by atoms with Crippen molar-refractivity contribution in [2.75, 3.05) is 7.11 Å². The third-order valence-electron chi connectivity index (χ3n) is 5.39. The van der Waals surface area contributed by atoms with Gasteiger partial charge in [-0.3, -0.25) is 0 Å². The van der Waals surface area contributed by atoms with Crippen LogP contribution in [-0.2, 0) is 11.0 Å². The van der Waals surface area contributed by atoms with Crippen LogP contribution in [-0.4, -0.2) is 33.5 Å². The molecule has 8 nitrogen and oxygen atoms in total. The van der Waals surface area contributed by atoms with Crippen molar-refractivity contribution >= 4 is 29.1 Å². The smallest absolute Gasteiger partial charge is 0.433 e. The number of carbonyl (C=O) groups is 1. The number of nitrogens with zero attached hydrogens (tertiary/aromatic N) is 4. The van der Waals surface area contributed by atoms with Crippen molar-refractivity contribution in [3.63, 3.8) is 0 Å². The monoisotopic (exact) mass is 517 g/mol. The first kappa shape index (κ1) is 25.0. The Morgan fingerprint density at radius 1 is 1.08 bits per heavy atom. The molecule has 186 valence electrons. The maximum absolute atomic E-state index is 13.8. The molecule has 0 aliphatic heterocycles. The second kappa shape index (κ2) is 9.50. The molecule has 0 atom stereocenters. The second-order valence-corrected chi connectivity index (χ2v) is 8.26. The first-order valence-corrected chi connectivity index (χ1v) is 10.8. The summed E-state index contributed by atoms with van der Waals surface area (Å²) in [6.45, 7) is 3.74. The fourth-order valence-corrected chi connectivity index (χ4v) is 3.56. The number of hydrogen-bond acceptors (Lipinski definition) is 6. The van der Waals surface area contributed by atoms with Crippen LogP contribution in [0.1, 0.15) is 32.9 Å². The molecule has 0 spiro atoms. The molecule has 36 heavy (non-hydrogen) atoms. The Morgan fingerprint density at radius 3 is 2.50 bits per heavy atom. The Hall–Kier alpha value is -4.12. The van der Waals surface area contributed by atoms with Crippen molar-refractivity contribution in [2.45, 2.75) is 20.0 Å². The lowest BCUT2D eigenvalue weighted by Gasteiger charge is -2.11. The van der Waals surface area contributed by atoms with Gasteiger partial charge >= 0.3 is 12.1 Å². The number of rotatable bonds is 5. The molecule has 2 aromatic carbocycles. The fraction of sp³-hybridized carbons (Fsp3) is 0.167. The summed E-state index contributed by atoms with van der Waals surface area (Å²) >= 11 is 5.96. The predicted molar refractivity (Wildman–Crippen MR) is 127 cm³/mol. The van der Waals surface area contributed by atoms with E-state index in [1.54, 1.807) is 30.3 Å². The van der Waals surface area contributed by atoms with Crippen molar-refractivity contribution in [2.24, 2.45) is 10.9 Å². The quantitative estimate of drug-likeness (QED) is 0.169. The molecule has 0 amide bonds. The number of carbonyl (C=O) groups excluding carboxylic acids is 1. The number of ether oxygens (including phenoxy) is 1. The third kappa shape index (κ3) is 4.96. The summed E-state index contributed by atoms with van der Waals surface area (Å²) in [5.41, 5.74) is 6.84. The summed E-state index contributed by atoms with van der Waals surface area (Å²) in [4.78, 5) is 21.6. The van der Waals surface area contributed by atoms with Crippen molar-refractivity contribution in [1.82, 2.24) is 14.6 Å². The van der Waals surface area contributed by atoms with Gasteiger partial charge in [-0.05, 0) is 55.3 Å². The lowest BCUT2D eigenvalue weighted by atomic mass is 10.0. The number of alkyl halides is 3. The first-order valence-electron chi connectivity index (χ1n) is 10.4. The number of fused-ring (bicyclic) bond motifs is 1. The second-order valence-electron chi connectivity index (χ2n) is 7.82. The normalized spacial score (nSPS) is 12.1. The molecule has 12 heteroatoms. The summed E-state index contributed by atoms with van der Waals surface area (Å²) in [6.07, 6.45) is -4.77. The minimum atomic E-state index is -4.77. The minimum absolute atomic E-state index is 0.0769. The fourth-order valence-electron chi connectivity index (χ4n) is 3.39. The highest BCUT2D eigenvalue weighted by Crippen LogP contribution is 2.33. The number of oxime groups is 1. The van der Waals surface area contributed by atoms with E-state index in [-0.39, 0.29) is 22.7 Å².